The molecule has 2 heterocycles. The van der Waals surface area contributed by atoms with Gasteiger partial charge in [0.1, 0.15) is 11.6 Å². The Kier molecular flexibility index (Phi) is 6.37. The Morgan fingerprint density at radius 1 is 1.04 bits per heavy atom. The Bertz CT molecular complexity index is 1030. The van der Waals surface area contributed by atoms with Crippen LogP contribution in [0.15, 0.2) is 79.3 Å². The van der Waals surface area contributed by atoms with Crippen LogP contribution >= 0.6 is 0 Å². The monoisotopic (exact) mass is 369 g/mol. The molecule has 28 heavy (non-hydrogen) atoms. The van der Waals surface area contributed by atoms with E-state index in [-0.39, 0.29) is 5.92 Å². The van der Waals surface area contributed by atoms with Crippen molar-refractivity contribution in [3.8, 4) is 17.5 Å². The zero-order valence-corrected chi connectivity index (χ0v) is 16.1. The van der Waals surface area contributed by atoms with E-state index in [0.29, 0.717) is 0 Å². The molecule has 0 saturated heterocycles. The lowest BCUT2D eigenvalue weighted by Gasteiger charge is -2.07. The zero-order valence-electron chi connectivity index (χ0n) is 16.1. The van der Waals surface area contributed by atoms with Gasteiger partial charge in [-0.25, -0.2) is 9.97 Å². The fourth-order valence-corrected chi connectivity index (χ4v) is 2.79. The standard InChI is InChI=1S/C16H14N2.C7H9N3/c1-3-7-14(8-4-1)13-18-12-11-17-16(18)15-9-5-2-6-10-15;1-5(3-8)7-4-9-6(2)10-7/h1-12H,13H2;4-5H,1-2H3,(H,9,10). The van der Waals surface area contributed by atoms with Gasteiger partial charge in [0.15, 0.2) is 0 Å². The lowest BCUT2D eigenvalue weighted by Crippen LogP contribution is -2.00. The highest BCUT2D eigenvalue weighted by molar-refractivity contribution is 5.55. The smallest absolute Gasteiger partial charge is 0.140 e. The number of imidazole rings is 2. The molecule has 5 nitrogen and oxygen atoms in total. The van der Waals surface area contributed by atoms with Crippen LogP contribution < -0.4 is 0 Å². The number of nitrogens with one attached hydrogen (secondary N) is 1. The second-order valence-corrected chi connectivity index (χ2v) is 6.51. The molecule has 0 aliphatic heterocycles. The van der Waals surface area contributed by atoms with Gasteiger partial charge >= 0.3 is 0 Å². The number of aromatic amines is 1. The second-order valence-electron chi connectivity index (χ2n) is 6.51. The lowest BCUT2D eigenvalue weighted by atomic mass is 10.1. The number of hydrogen-bond donors (Lipinski definition) is 1. The largest absolute Gasteiger partial charge is 0.345 e. The van der Waals surface area contributed by atoms with E-state index in [9.17, 15) is 0 Å². The van der Waals surface area contributed by atoms with E-state index in [4.69, 9.17) is 5.26 Å². The SMILES string of the molecule is Cc1ncc(C(C)C#N)[nH]1.c1ccc(Cn2ccnc2-c2ccccc2)cc1. The molecule has 4 rings (SSSR count). The molecule has 0 fully saturated rings. The van der Waals surface area contributed by atoms with E-state index >= 15 is 0 Å². The number of rotatable bonds is 4. The zero-order chi connectivity index (χ0) is 19.8. The summed E-state index contributed by atoms with van der Waals surface area (Å²) in [5.41, 5.74) is 3.33. The van der Waals surface area contributed by atoms with E-state index in [0.717, 1.165) is 29.5 Å². The molecule has 0 radical (unpaired) electrons. The first kappa shape index (κ1) is 19.1. The average molecular weight is 369 g/mol. The van der Waals surface area contributed by atoms with Crippen LogP contribution in [0.4, 0.5) is 0 Å². The molecule has 0 spiro atoms. The Labute approximate surface area is 165 Å². The Balaban J connectivity index is 0.000000192. The summed E-state index contributed by atoms with van der Waals surface area (Å²) in [4.78, 5) is 11.4. The van der Waals surface area contributed by atoms with Gasteiger partial charge in [0.2, 0.25) is 0 Å². The van der Waals surface area contributed by atoms with Crippen LogP contribution in [-0.2, 0) is 6.54 Å². The third kappa shape index (κ3) is 4.95. The number of aryl methyl sites for hydroxylation is 1. The third-order valence-corrected chi connectivity index (χ3v) is 4.33. The topological polar surface area (TPSA) is 70.3 Å². The Hall–Kier alpha value is -3.65. The highest BCUT2D eigenvalue weighted by atomic mass is 15.1. The summed E-state index contributed by atoms with van der Waals surface area (Å²) in [5, 5.41) is 8.50. The van der Waals surface area contributed by atoms with Crippen molar-refractivity contribution in [3.05, 3.63) is 96.3 Å². The molecule has 0 amide bonds. The molecule has 1 atom stereocenters. The molecule has 1 unspecified atom stereocenters. The number of benzene rings is 2. The number of hydrogen-bond acceptors (Lipinski definition) is 3. The van der Waals surface area contributed by atoms with E-state index in [2.05, 4.69) is 62.0 Å². The maximum Gasteiger partial charge on any atom is 0.140 e. The van der Waals surface area contributed by atoms with Crippen molar-refractivity contribution in [2.24, 2.45) is 0 Å². The van der Waals surface area contributed by atoms with Crippen LogP contribution in [0.2, 0.25) is 0 Å². The predicted molar refractivity (Wildman–Crippen MR) is 111 cm³/mol. The van der Waals surface area contributed by atoms with Crippen molar-refractivity contribution in [2.45, 2.75) is 26.3 Å². The van der Waals surface area contributed by atoms with Gasteiger partial charge in [-0.3, -0.25) is 0 Å². The Morgan fingerprint density at radius 2 is 1.71 bits per heavy atom. The number of nitrogens with zero attached hydrogens (tertiary/aromatic N) is 4. The van der Waals surface area contributed by atoms with E-state index in [1.807, 2.05) is 50.5 Å². The van der Waals surface area contributed by atoms with Gasteiger partial charge in [-0.05, 0) is 19.4 Å². The van der Waals surface area contributed by atoms with Crippen molar-refractivity contribution in [1.29, 1.82) is 5.26 Å². The normalized spacial score (nSPS) is 11.2. The molecule has 4 aromatic rings. The van der Waals surface area contributed by atoms with Gasteiger partial charge in [-0.1, -0.05) is 60.7 Å². The van der Waals surface area contributed by atoms with Gasteiger partial charge in [0, 0.05) is 30.7 Å². The van der Waals surface area contributed by atoms with Crippen molar-refractivity contribution in [1.82, 2.24) is 19.5 Å². The van der Waals surface area contributed by atoms with Crippen molar-refractivity contribution in [3.63, 3.8) is 0 Å². The molecule has 140 valence electrons. The molecular formula is C23H23N5. The van der Waals surface area contributed by atoms with Gasteiger partial charge in [-0.2, -0.15) is 5.26 Å². The fraction of sp³-hybridized carbons (Fsp3) is 0.174. The third-order valence-electron chi connectivity index (χ3n) is 4.33. The molecule has 0 bridgehead atoms. The summed E-state index contributed by atoms with van der Waals surface area (Å²) in [5.74, 6) is 1.79. The molecule has 2 aromatic carbocycles. The van der Waals surface area contributed by atoms with Crippen molar-refractivity contribution >= 4 is 0 Å². The maximum atomic E-state index is 8.50. The predicted octanol–water partition coefficient (Wildman–Crippen LogP) is 4.94. The second kappa shape index (κ2) is 9.33. The minimum atomic E-state index is -0.0822. The van der Waals surface area contributed by atoms with Crippen molar-refractivity contribution < 1.29 is 0 Å². The molecule has 1 N–H and O–H groups in total. The lowest BCUT2D eigenvalue weighted by molar-refractivity contribution is 0.807. The van der Waals surface area contributed by atoms with Crippen molar-refractivity contribution in [2.75, 3.05) is 0 Å². The van der Waals surface area contributed by atoms with Crippen LogP contribution in [0.3, 0.4) is 0 Å². The highest BCUT2D eigenvalue weighted by Crippen LogP contribution is 2.18. The van der Waals surface area contributed by atoms with Crippen LogP contribution in [0.1, 0.15) is 29.9 Å². The first-order valence-corrected chi connectivity index (χ1v) is 9.19. The average Bonchev–Trinajstić information content (AvgIpc) is 3.38. The van der Waals surface area contributed by atoms with Gasteiger partial charge in [0.25, 0.3) is 0 Å². The number of H-pyrrole nitrogens is 1. The minimum absolute atomic E-state index is 0.0822. The summed E-state index contributed by atoms with van der Waals surface area (Å²) >= 11 is 0. The molecule has 0 saturated carbocycles. The molecular weight excluding hydrogens is 346 g/mol. The summed E-state index contributed by atoms with van der Waals surface area (Å²) in [6.45, 7) is 4.56. The number of aromatic nitrogens is 4. The quantitative estimate of drug-likeness (QED) is 0.554. The van der Waals surface area contributed by atoms with Gasteiger partial charge in [-0.15, -0.1) is 0 Å². The molecule has 0 aliphatic carbocycles. The summed E-state index contributed by atoms with van der Waals surface area (Å²) < 4.78 is 2.17. The van der Waals surface area contributed by atoms with Crippen LogP contribution in [-0.4, -0.2) is 19.5 Å². The Morgan fingerprint density at radius 3 is 2.32 bits per heavy atom. The number of nitriles is 1. The van der Waals surface area contributed by atoms with E-state index in [1.165, 1.54) is 5.56 Å². The summed E-state index contributed by atoms with van der Waals surface area (Å²) in [6, 6.07) is 22.8. The van der Waals surface area contributed by atoms with E-state index in [1.54, 1.807) is 6.20 Å². The summed E-state index contributed by atoms with van der Waals surface area (Å²) in [7, 11) is 0. The maximum absolute atomic E-state index is 8.50. The molecule has 0 aliphatic rings. The minimum Gasteiger partial charge on any atom is -0.345 e. The van der Waals surface area contributed by atoms with Gasteiger partial charge in [0.05, 0.1) is 17.7 Å². The van der Waals surface area contributed by atoms with Gasteiger partial charge < -0.3 is 9.55 Å². The highest BCUT2D eigenvalue weighted by Gasteiger charge is 2.05. The summed E-state index contributed by atoms with van der Waals surface area (Å²) in [6.07, 6.45) is 5.57. The molecule has 5 heteroatoms. The first-order chi connectivity index (χ1) is 13.7. The van der Waals surface area contributed by atoms with E-state index < -0.39 is 0 Å². The van der Waals surface area contributed by atoms with Crippen LogP contribution in [0, 0.1) is 18.3 Å². The fourth-order valence-electron chi connectivity index (χ4n) is 2.79. The van der Waals surface area contributed by atoms with Crippen LogP contribution in [0.25, 0.3) is 11.4 Å². The first-order valence-electron chi connectivity index (χ1n) is 9.19. The van der Waals surface area contributed by atoms with Crippen LogP contribution in [0.5, 0.6) is 0 Å². The molecule has 2 aromatic heterocycles.